The first kappa shape index (κ1) is 16.0. The van der Waals surface area contributed by atoms with E-state index in [2.05, 4.69) is 0 Å². The highest BCUT2D eigenvalue weighted by molar-refractivity contribution is 6.34. The Labute approximate surface area is 120 Å². The van der Waals surface area contributed by atoms with Crippen LogP contribution >= 0.6 is 11.6 Å². The molecule has 0 radical (unpaired) electrons. The number of hydrogen-bond donors (Lipinski definition) is 2. The average molecular weight is 316 g/mol. The fourth-order valence-corrected chi connectivity index (χ4v) is 1.52. The maximum atomic E-state index is 11.4. The molecule has 0 bridgehead atoms. The maximum Gasteiger partial charge on any atom is 0.328 e. The molecule has 1 aromatic carbocycles. The molecule has 0 aliphatic rings. The molecule has 0 saturated carbocycles. The van der Waals surface area contributed by atoms with Crippen molar-refractivity contribution in [2.45, 2.75) is 0 Å². The summed E-state index contributed by atoms with van der Waals surface area (Å²) in [5.74, 6) is -2.38. The van der Waals surface area contributed by atoms with Gasteiger partial charge in [0.2, 0.25) is 5.91 Å². The molecule has 110 valence electrons. The van der Waals surface area contributed by atoms with Gasteiger partial charge >= 0.3 is 11.7 Å². The van der Waals surface area contributed by atoms with Crippen molar-refractivity contribution in [2.75, 3.05) is 5.32 Å². The number of carbonyl (C=O) groups is 2. The van der Waals surface area contributed by atoms with Crippen molar-refractivity contribution in [3.63, 3.8) is 0 Å². The third-order valence-electron chi connectivity index (χ3n) is 2.09. The van der Waals surface area contributed by atoms with Crippen LogP contribution in [0.15, 0.2) is 24.3 Å². The molecule has 0 unspecified atom stereocenters. The van der Waals surface area contributed by atoms with E-state index in [9.17, 15) is 29.8 Å². The monoisotopic (exact) mass is 315 g/mol. The second kappa shape index (κ2) is 6.43. The van der Waals surface area contributed by atoms with E-state index in [-0.39, 0.29) is 0 Å². The highest BCUT2D eigenvalue weighted by Gasteiger charge is 2.24. The minimum absolute atomic E-state index is 0.423. The molecule has 1 amide bonds. The maximum absolute atomic E-state index is 11.4. The number of halogens is 1. The van der Waals surface area contributed by atoms with Crippen LogP contribution in [0.1, 0.15) is 0 Å². The summed E-state index contributed by atoms with van der Waals surface area (Å²) >= 11 is 5.67. The van der Waals surface area contributed by atoms with E-state index in [0.717, 1.165) is 6.07 Å². The first-order valence-electron chi connectivity index (χ1n) is 5.06. The lowest BCUT2D eigenvalue weighted by Gasteiger charge is -2.05. The van der Waals surface area contributed by atoms with Gasteiger partial charge in [0.1, 0.15) is 5.69 Å². The average Bonchev–Trinajstić information content (AvgIpc) is 2.37. The summed E-state index contributed by atoms with van der Waals surface area (Å²) in [6, 6.07) is 1.45. The van der Waals surface area contributed by atoms with Crippen LogP contribution in [-0.2, 0) is 9.59 Å². The molecule has 0 aromatic heterocycles. The van der Waals surface area contributed by atoms with Crippen LogP contribution < -0.4 is 5.32 Å². The lowest BCUT2D eigenvalue weighted by Crippen LogP contribution is -2.11. The van der Waals surface area contributed by atoms with Gasteiger partial charge in [-0.05, 0) is 0 Å². The second-order valence-electron chi connectivity index (χ2n) is 3.50. The standard InChI is InChI=1S/C10H6ClN3O7/c11-6-3-5(13(18)19)4-7(14(20)21)10(6)12-8(15)1-2-9(16)17/h1-4H,(H,12,15)(H,16,17)/b2-1-. The van der Waals surface area contributed by atoms with Crippen molar-refractivity contribution in [1.82, 2.24) is 0 Å². The molecule has 21 heavy (non-hydrogen) atoms. The lowest BCUT2D eigenvalue weighted by atomic mass is 10.2. The highest BCUT2D eigenvalue weighted by Crippen LogP contribution is 2.36. The second-order valence-corrected chi connectivity index (χ2v) is 3.90. The fraction of sp³-hybridized carbons (Fsp3) is 0. The number of amides is 1. The Bertz CT molecular complexity index is 671. The summed E-state index contributed by atoms with van der Waals surface area (Å²) < 4.78 is 0. The van der Waals surface area contributed by atoms with E-state index in [0.29, 0.717) is 18.2 Å². The predicted octanol–water partition coefficient (Wildman–Crippen LogP) is 1.74. The van der Waals surface area contributed by atoms with Crippen LogP contribution in [0.4, 0.5) is 17.1 Å². The van der Waals surface area contributed by atoms with E-state index in [1.807, 2.05) is 5.32 Å². The summed E-state index contributed by atoms with van der Waals surface area (Å²) in [6.45, 7) is 0. The van der Waals surface area contributed by atoms with Crippen molar-refractivity contribution >= 4 is 40.5 Å². The number of nitro groups is 2. The van der Waals surface area contributed by atoms with Crippen molar-refractivity contribution in [2.24, 2.45) is 0 Å². The van der Waals surface area contributed by atoms with Gasteiger partial charge in [-0.15, -0.1) is 0 Å². The molecule has 1 rings (SSSR count). The van der Waals surface area contributed by atoms with E-state index in [1.165, 1.54) is 0 Å². The van der Waals surface area contributed by atoms with Gasteiger partial charge in [0.05, 0.1) is 20.9 Å². The number of carboxylic acid groups (broad SMARTS) is 1. The number of carbonyl (C=O) groups excluding carboxylic acids is 1. The zero-order valence-corrected chi connectivity index (χ0v) is 10.7. The molecular formula is C10H6ClN3O7. The van der Waals surface area contributed by atoms with E-state index in [4.69, 9.17) is 16.7 Å². The normalized spacial score (nSPS) is 10.3. The summed E-state index contributed by atoms with van der Waals surface area (Å²) in [7, 11) is 0. The Morgan fingerprint density at radius 3 is 2.29 bits per heavy atom. The Kier molecular flexibility index (Phi) is 4.91. The molecule has 0 heterocycles. The first-order chi connectivity index (χ1) is 9.72. The van der Waals surface area contributed by atoms with Gasteiger partial charge in [-0.3, -0.25) is 25.0 Å². The fourth-order valence-electron chi connectivity index (χ4n) is 1.26. The number of hydrogen-bond acceptors (Lipinski definition) is 6. The summed E-state index contributed by atoms with van der Waals surface area (Å²) in [5.41, 5.74) is -1.87. The molecule has 1 aromatic rings. The molecule has 10 nitrogen and oxygen atoms in total. The molecule has 0 fully saturated rings. The third-order valence-corrected chi connectivity index (χ3v) is 2.39. The van der Waals surface area contributed by atoms with Gasteiger partial charge in [-0.2, -0.15) is 0 Å². The van der Waals surface area contributed by atoms with Crippen molar-refractivity contribution < 1.29 is 24.5 Å². The van der Waals surface area contributed by atoms with Gasteiger partial charge in [-0.1, -0.05) is 11.6 Å². The van der Waals surface area contributed by atoms with Crippen molar-refractivity contribution in [1.29, 1.82) is 0 Å². The number of nitrogens with one attached hydrogen (secondary N) is 1. The number of rotatable bonds is 5. The Morgan fingerprint density at radius 1 is 1.19 bits per heavy atom. The number of aliphatic carboxylic acids is 1. The summed E-state index contributed by atoms with van der Waals surface area (Å²) in [6.07, 6.45) is 1.13. The number of benzene rings is 1. The van der Waals surface area contributed by atoms with Crippen LogP contribution in [0.3, 0.4) is 0 Å². The minimum Gasteiger partial charge on any atom is -0.478 e. The molecule has 0 spiro atoms. The zero-order valence-electron chi connectivity index (χ0n) is 9.98. The zero-order chi connectivity index (χ0) is 16.2. The SMILES string of the molecule is O=C(O)/C=C\C(=O)Nc1c(Cl)cc([N+](=O)[O-])cc1[N+](=O)[O-]. The van der Waals surface area contributed by atoms with Crippen LogP contribution in [-0.4, -0.2) is 26.8 Å². The first-order valence-corrected chi connectivity index (χ1v) is 5.44. The van der Waals surface area contributed by atoms with E-state index < -0.39 is 43.8 Å². The van der Waals surface area contributed by atoms with Crippen molar-refractivity contribution in [3.05, 3.63) is 49.5 Å². The number of carboxylic acids is 1. The third kappa shape index (κ3) is 4.24. The van der Waals surface area contributed by atoms with Crippen molar-refractivity contribution in [3.8, 4) is 0 Å². The molecule has 2 N–H and O–H groups in total. The minimum atomic E-state index is -1.39. The highest BCUT2D eigenvalue weighted by atomic mass is 35.5. The lowest BCUT2D eigenvalue weighted by molar-refractivity contribution is -0.393. The number of nitrogens with zero attached hydrogens (tertiary/aromatic N) is 2. The number of anilines is 1. The van der Waals surface area contributed by atoms with Gasteiger partial charge in [0, 0.05) is 18.2 Å². The van der Waals surface area contributed by atoms with Crippen LogP contribution in [0.5, 0.6) is 0 Å². The molecule has 0 aliphatic carbocycles. The molecular weight excluding hydrogens is 310 g/mol. The Balaban J connectivity index is 3.23. The quantitative estimate of drug-likeness (QED) is 0.476. The number of nitro benzene ring substituents is 2. The largest absolute Gasteiger partial charge is 0.478 e. The predicted molar refractivity (Wildman–Crippen MR) is 70.2 cm³/mol. The van der Waals surface area contributed by atoms with Gasteiger partial charge in [0.25, 0.3) is 5.69 Å². The topological polar surface area (TPSA) is 153 Å². The Hall–Kier alpha value is -3.01. The summed E-state index contributed by atoms with van der Waals surface area (Å²) in [5, 5.41) is 31.4. The Morgan fingerprint density at radius 2 is 1.81 bits per heavy atom. The van der Waals surface area contributed by atoms with Gasteiger partial charge < -0.3 is 10.4 Å². The molecule has 0 atom stereocenters. The van der Waals surface area contributed by atoms with Gasteiger partial charge in [0.15, 0.2) is 0 Å². The van der Waals surface area contributed by atoms with E-state index >= 15 is 0 Å². The molecule has 0 aliphatic heterocycles. The molecule has 11 heteroatoms. The van der Waals surface area contributed by atoms with E-state index in [1.54, 1.807) is 0 Å². The van der Waals surface area contributed by atoms with Gasteiger partial charge in [-0.25, -0.2) is 4.79 Å². The van der Waals surface area contributed by atoms with Crippen LogP contribution in [0.25, 0.3) is 0 Å². The van der Waals surface area contributed by atoms with Crippen LogP contribution in [0.2, 0.25) is 5.02 Å². The summed E-state index contributed by atoms with van der Waals surface area (Å²) in [4.78, 5) is 41.2. The van der Waals surface area contributed by atoms with Crippen LogP contribution in [0, 0.1) is 20.2 Å². The number of non-ortho nitro benzene ring substituents is 1. The molecule has 0 saturated heterocycles. The smallest absolute Gasteiger partial charge is 0.328 e.